The van der Waals surface area contributed by atoms with Gasteiger partial charge in [0, 0.05) is 10.6 Å². The van der Waals surface area contributed by atoms with Gasteiger partial charge in [-0.05, 0) is 31.3 Å². The van der Waals surface area contributed by atoms with Crippen LogP contribution in [0.15, 0.2) is 29.2 Å². The van der Waals surface area contributed by atoms with E-state index in [-0.39, 0.29) is 17.8 Å². The Morgan fingerprint density at radius 2 is 2.13 bits per heavy atom. The third-order valence-electron chi connectivity index (χ3n) is 1.92. The molecule has 0 aliphatic heterocycles. The highest BCUT2D eigenvalue weighted by molar-refractivity contribution is 7.99. The fraction of sp³-hybridized carbons (Fsp3) is 0.300. The average Bonchev–Trinajstić information content (AvgIpc) is 2.21. The molecule has 0 saturated carbocycles. The summed E-state index contributed by atoms with van der Waals surface area (Å²) in [5.74, 6) is -0.108. The van der Waals surface area contributed by atoms with Crippen LogP contribution < -0.4 is 11.1 Å². The van der Waals surface area contributed by atoms with Gasteiger partial charge in [0.15, 0.2) is 0 Å². The van der Waals surface area contributed by atoms with Crippen molar-refractivity contribution < 1.29 is 9.18 Å². The normalized spacial score (nSPS) is 12.4. The molecule has 1 rings (SSSR count). The van der Waals surface area contributed by atoms with Crippen molar-refractivity contribution in [3.05, 3.63) is 30.1 Å². The van der Waals surface area contributed by atoms with Gasteiger partial charge in [-0.3, -0.25) is 4.79 Å². The average molecular weight is 228 g/mol. The third-order valence-corrected chi connectivity index (χ3v) is 3.03. The number of likely N-dealkylation sites (N-methyl/N-ethyl adjacent to an activating group) is 1. The molecule has 0 saturated heterocycles. The molecule has 0 aliphatic carbocycles. The van der Waals surface area contributed by atoms with E-state index in [0.717, 1.165) is 4.90 Å². The van der Waals surface area contributed by atoms with E-state index in [0.29, 0.717) is 5.75 Å². The summed E-state index contributed by atoms with van der Waals surface area (Å²) < 4.78 is 12.6. The van der Waals surface area contributed by atoms with Gasteiger partial charge in [0.05, 0.1) is 6.04 Å². The van der Waals surface area contributed by atoms with E-state index in [1.54, 1.807) is 19.2 Å². The Balaban J connectivity index is 2.49. The first kappa shape index (κ1) is 12.0. The van der Waals surface area contributed by atoms with E-state index in [2.05, 4.69) is 5.32 Å². The monoisotopic (exact) mass is 228 g/mol. The van der Waals surface area contributed by atoms with Crippen LogP contribution >= 0.6 is 11.8 Å². The summed E-state index contributed by atoms with van der Waals surface area (Å²) in [5, 5.41) is 2.81. The smallest absolute Gasteiger partial charge is 0.235 e. The van der Waals surface area contributed by atoms with Crippen molar-refractivity contribution in [1.82, 2.24) is 5.32 Å². The summed E-state index contributed by atoms with van der Waals surface area (Å²) in [6.07, 6.45) is 0. The van der Waals surface area contributed by atoms with Gasteiger partial charge in [-0.1, -0.05) is 0 Å². The second-order valence-electron chi connectivity index (χ2n) is 3.01. The summed E-state index contributed by atoms with van der Waals surface area (Å²) in [6, 6.07) is 5.77. The maximum atomic E-state index is 12.6. The summed E-state index contributed by atoms with van der Waals surface area (Å²) in [6.45, 7) is 0. The minimum atomic E-state index is -0.382. The van der Waals surface area contributed by atoms with E-state index in [9.17, 15) is 9.18 Å². The van der Waals surface area contributed by atoms with Crippen LogP contribution in [0.2, 0.25) is 0 Å². The molecule has 0 bridgehead atoms. The lowest BCUT2D eigenvalue weighted by molar-refractivity contribution is -0.119. The number of carbonyl (C=O) groups excluding carboxylic acids is 1. The second kappa shape index (κ2) is 5.72. The van der Waals surface area contributed by atoms with E-state index >= 15 is 0 Å². The number of thioether (sulfide) groups is 1. The Morgan fingerprint density at radius 1 is 1.53 bits per heavy atom. The van der Waals surface area contributed by atoms with Gasteiger partial charge in [-0.2, -0.15) is 0 Å². The SMILES string of the molecule is CNC(CSc1ccc(F)cc1)C(N)=O. The molecule has 0 aliphatic rings. The number of rotatable bonds is 5. The van der Waals surface area contributed by atoms with Crippen molar-refractivity contribution in [1.29, 1.82) is 0 Å². The number of nitrogens with two attached hydrogens (primary N) is 1. The van der Waals surface area contributed by atoms with Crippen LogP contribution in [-0.2, 0) is 4.79 Å². The molecule has 3 nitrogen and oxygen atoms in total. The van der Waals surface area contributed by atoms with Gasteiger partial charge in [-0.25, -0.2) is 4.39 Å². The van der Waals surface area contributed by atoms with Crippen LogP contribution in [-0.4, -0.2) is 24.7 Å². The zero-order valence-electron chi connectivity index (χ0n) is 8.37. The van der Waals surface area contributed by atoms with Crippen molar-refractivity contribution in [2.75, 3.05) is 12.8 Å². The lowest BCUT2D eigenvalue weighted by atomic mass is 10.3. The Labute approximate surface area is 92.2 Å². The van der Waals surface area contributed by atoms with E-state index in [1.165, 1.54) is 23.9 Å². The minimum absolute atomic E-state index is 0.264. The van der Waals surface area contributed by atoms with Crippen LogP contribution in [0.3, 0.4) is 0 Å². The molecule has 82 valence electrons. The first-order valence-corrected chi connectivity index (χ1v) is 5.47. The minimum Gasteiger partial charge on any atom is -0.368 e. The van der Waals surface area contributed by atoms with Gasteiger partial charge in [0.25, 0.3) is 0 Å². The Morgan fingerprint density at radius 3 is 2.60 bits per heavy atom. The van der Waals surface area contributed by atoms with E-state index in [1.807, 2.05) is 0 Å². The van der Waals surface area contributed by atoms with Crippen LogP contribution in [0.25, 0.3) is 0 Å². The third kappa shape index (κ3) is 3.89. The van der Waals surface area contributed by atoms with Crippen molar-refractivity contribution in [3.63, 3.8) is 0 Å². The fourth-order valence-electron chi connectivity index (χ4n) is 1.02. The highest BCUT2D eigenvalue weighted by Gasteiger charge is 2.12. The molecule has 3 N–H and O–H groups in total. The van der Waals surface area contributed by atoms with E-state index < -0.39 is 0 Å². The zero-order chi connectivity index (χ0) is 11.3. The number of nitrogens with one attached hydrogen (secondary N) is 1. The lowest BCUT2D eigenvalue weighted by Crippen LogP contribution is -2.41. The molecule has 1 amide bonds. The summed E-state index contributed by atoms with van der Waals surface area (Å²) in [7, 11) is 1.68. The molecular formula is C10H13FN2OS. The molecular weight excluding hydrogens is 215 g/mol. The molecule has 1 aromatic carbocycles. The van der Waals surface area contributed by atoms with Crippen molar-refractivity contribution in [2.45, 2.75) is 10.9 Å². The Bertz CT molecular complexity index is 329. The fourth-order valence-corrected chi connectivity index (χ4v) is 2.04. The largest absolute Gasteiger partial charge is 0.368 e. The highest BCUT2D eigenvalue weighted by atomic mass is 32.2. The Hall–Kier alpha value is -1.07. The molecule has 0 spiro atoms. The number of benzene rings is 1. The van der Waals surface area contributed by atoms with E-state index in [4.69, 9.17) is 5.73 Å². The van der Waals surface area contributed by atoms with Crippen LogP contribution in [0.1, 0.15) is 0 Å². The first-order chi connectivity index (χ1) is 7.13. The number of hydrogen-bond acceptors (Lipinski definition) is 3. The molecule has 0 fully saturated rings. The molecule has 1 unspecified atom stereocenters. The van der Waals surface area contributed by atoms with Gasteiger partial charge in [0.1, 0.15) is 5.82 Å². The zero-order valence-corrected chi connectivity index (χ0v) is 9.18. The molecule has 1 atom stereocenters. The van der Waals surface area contributed by atoms with Crippen LogP contribution in [0.5, 0.6) is 0 Å². The highest BCUT2D eigenvalue weighted by Crippen LogP contribution is 2.18. The van der Waals surface area contributed by atoms with Gasteiger partial charge < -0.3 is 11.1 Å². The molecule has 0 heterocycles. The predicted octanol–water partition coefficient (Wildman–Crippen LogP) is 0.991. The maximum absolute atomic E-state index is 12.6. The summed E-state index contributed by atoms with van der Waals surface area (Å²) in [5.41, 5.74) is 5.16. The molecule has 0 aromatic heterocycles. The van der Waals surface area contributed by atoms with Crippen molar-refractivity contribution in [3.8, 4) is 0 Å². The standard InChI is InChI=1S/C10H13FN2OS/c1-13-9(10(12)14)6-15-8-4-2-7(11)3-5-8/h2-5,9,13H,6H2,1H3,(H2,12,14). The topological polar surface area (TPSA) is 55.1 Å². The molecule has 15 heavy (non-hydrogen) atoms. The molecule has 5 heteroatoms. The summed E-state index contributed by atoms with van der Waals surface area (Å²) >= 11 is 1.46. The number of hydrogen-bond donors (Lipinski definition) is 2. The van der Waals surface area contributed by atoms with Gasteiger partial charge in [-0.15, -0.1) is 11.8 Å². The van der Waals surface area contributed by atoms with Crippen LogP contribution in [0, 0.1) is 5.82 Å². The van der Waals surface area contributed by atoms with Gasteiger partial charge >= 0.3 is 0 Å². The van der Waals surface area contributed by atoms with Crippen molar-refractivity contribution >= 4 is 17.7 Å². The van der Waals surface area contributed by atoms with Crippen molar-refractivity contribution in [2.24, 2.45) is 5.73 Å². The van der Waals surface area contributed by atoms with Gasteiger partial charge in [0.2, 0.25) is 5.91 Å². The number of primary amides is 1. The molecule has 0 radical (unpaired) electrons. The first-order valence-electron chi connectivity index (χ1n) is 4.48. The lowest BCUT2D eigenvalue weighted by Gasteiger charge is -2.11. The predicted molar refractivity (Wildman–Crippen MR) is 59.2 cm³/mol. The maximum Gasteiger partial charge on any atom is 0.235 e. The molecule has 1 aromatic rings. The second-order valence-corrected chi connectivity index (χ2v) is 4.10. The van der Waals surface area contributed by atoms with Crippen LogP contribution in [0.4, 0.5) is 4.39 Å². The Kier molecular flexibility index (Phi) is 4.58. The number of amides is 1. The number of carbonyl (C=O) groups is 1. The quantitative estimate of drug-likeness (QED) is 0.739. The number of halogens is 1. The summed E-state index contributed by atoms with van der Waals surface area (Å²) in [4.78, 5) is 11.8.